The summed E-state index contributed by atoms with van der Waals surface area (Å²) >= 11 is 4.79. The summed E-state index contributed by atoms with van der Waals surface area (Å²) in [6.07, 6.45) is -4.36. The fourth-order valence-electron chi connectivity index (χ4n) is 1.17. The first-order chi connectivity index (χ1) is 8.29. The zero-order valence-electron chi connectivity index (χ0n) is 9.58. The smallest absolute Gasteiger partial charge is 0.411 e. The molecule has 3 nitrogen and oxygen atoms in total. The largest absolute Gasteiger partial charge is 0.467 e. The molecule has 0 radical (unpaired) electrons. The fourth-order valence-corrected chi connectivity index (χ4v) is 1.30. The summed E-state index contributed by atoms with van der Waals surface area (Å²) in [4.78, 5) is 0.191. The summed E-state index contributed by atoms with van der Waals surface area (Å²) in [6.45, 7) is -0.0788. The Labute approximate surface area is 108 Å². The maximum Gasteiger partial charge on any atom is 0.411 e. The SMILES string of the molecule is Cc1ccc(C(N)=S)cc1OCOCC(F)(F)F. The Morgan fingerprint density at radius 2 is 2.06 bits per heavy atom. The predicted molar refractivity (Wildman–Crippen MR) is 64.6 cm³/mol. The number of aryl methyl sites for hydroxylation is 1. The first-order valence-corrected chi connectivity index (χ1v) is 5.38. The van der Waals surface area contributed by atoms with Gasteiger partial charge in [0.25, 0.3) is 0 Å². The summed E-state index contributed by atoms with van der Waals surface area (Å²) in [5.41, 5.74) is 6.78. The third-order valence-electron chi connectivity index (χ3n) is 2.04. The maximum absolute atomic E-state index is 11.8. The molecule has 0 aromatic heterocycles. The van der Waals surface area contributed by atoms with Gasteiger partial charge in [0.2, 0.25) is 0 Å². The van der Waals surface area contributed by atoms with Gasteiger partial charge in [-0.3, -0.25) is 0 Å². The van der Waals surface area contributed by atoms with Crippen molar-refractivity contribution in [2.75, 3.05) is 13.4 Å². The minimum atomic E-state index is -4.36. The molecule has 100 valence electrons. The van der Waals surface area contributed by atoms with Crippen molar-refractivity contribution in [3.63, 3.8) is 0 Å². The molecule has 1 rings (SSSR count). The lowest BCUT2D eigenvalue weighted by molar-refractivity contribution is -0.186. The Kier molecular flexibility index (Phi) is 4.92. The first-order valence-electron chi connectivity index (χ1n) is 4.97. The lowest BCUT2D eigenvalue weighted by Crippen LogP contribution is -2.19. The van der Waals surface area contributed by atoms with Gasteiger partial charge in [0.1, 0.15) is 17.3 Å². The predicted octanol–water partition coefficient (Wildman–Crippen LogP) is 2.54. The highest BCUT2D eigenvalue weighted by molar-refractivity contribution is 7.80. The Balaban J connectivity index is 2.56. The molecule has 2 N–H and O–H groups in total. The van der Waals surface area contributed by atoms with E-state index in [9.17, 15) is 13.2 Å². The van der Waals surface area contributed by atoms with E-state index >= 15 is 0 Å². The van der Waals surface area contributed by atoms with Crippen molar-refractivity contribution in [2.24, 2.45) is 5.73 Å². The molecule has 0 fully saturated rings. The van der Waals surface area contributed by atoms with Crippen molar-refractivity contribution in [3.05, 3.63) is 29.3 Å². The molecule has 0 amide bonds. The van der Waals surface area contributed by atoms with Crippen molar-refractivity contribution in [1.82, 2.24) is 0 Å². The molecular weight excluding hydrogens is 267 g/mol. The van der Waals surface area contributed by atoms with Crippen LogP contribution < -0.4 is 10.5 Å². The van der Waals surface area contributed by atoms with Gasteiger partial charge in [0.15, 0.2) is 6.79 Å². The second kappa shape index (κ2) is 6.01. The van der Waals surface area contributed by atoms with Crippen molar-refractivity contribution in [1.29, 1.82) is 0 Å². The summed E-state index contributed by atoms with van der Waals surface area (Å²) < 4.78 is 44.9. The van der Waals surface area contributed by atoms with Gasteiger partial charge >= 0.3 is 6.18 Å². The fraction of sp³-hybridized carbons (Fsp3) is 0.364. The summed E-state index contributed by atoms with van der Waals surface area (Å²) in [6, 6.07) is 4.99. The van der Waals surface area contributed by atoms with Crippen molar-refractivity contribution >= 4 is 17.2 Å². The molecular formula is C11H12F3NO2S. The molecule has 0 saturated heterocycles. The van der Waals surface area contributed by atoms with Gasteiger partial charge in [-0.05, 0) is 18.6 Å². The van der Waals surface area contributed by atoms with E-state index < -0.39 is 19.6 Å². The van der Waals surface area contributed by atoms with E-state index in [-0.39, 0.29) is 4.99 Å². The topological polar surface area (TPSA) is 44.5 Å². The Morgan fingerprint density at radius 1 is 1.39 bits per heavy atom. The minimum Gasteiger partial charge on any atom is -0.467 e. The molecule has 0 aliphatic carbocycles. The van der Waals surface area contributed by atoms with E-state index in [2.05, 4.69) is 4.74 Å². The van der Waals surface area contributed by atoms with Crippen LogP contribution >= 0.6 is 12.2 Å². The van der Waals surface area contributed by atoms with Gasteiger partial charge < -0.3 is 15.2 Å². The average Bonchev–Trinajstić information content (AvgIpc) is 2.24. The van der Waals surface area contributed by atoms with Gasteiger partial charge in [-0.15, -0.1) is 0 Å². The van der Waals surface area contributed by atoms with E-state index in [1.54, 1.807) is 25.1 Å². The summed E-state index contributed by atoms with van der Waals surface area (Å²) in [7, 11) is 0. The monoisotopic (exact) mass is 279 g/mol. The van der Waals surface area contributed by atoms with Crippen LogP contribution in [0.2, 0.25) is 0 Å². The normalized spacial score (nSPS) is 11.3. The quantitative estimate of drug-likeness (QED) is 0.511. The molecule has 0 aliphatic heterocycles. The van der Waals surface area contributed by atoms with Crippen LogP contribution in [-0.2, 0) is 4.74 Å². The van der Waals surface area contributed by atoms with Crippen LogP contribution in [0.4, 0.5) is 13.2 Å². The Bertz CT molecular complexity index is 435. The Hall–Kier alpha value is -1.34. The van der Waals surface area contributed by atoms with Crippen LogP contribution in [0, 0.1) is 6.92 Å². The third-order valence-corrected chi connectivity index (χ3v) is 2.27. The number of hydrogen-bond acceptors (Lipinski definition) is 3. The number of thiocarbonyl (C=S) groups is 1. The van der Waals surface area contributed by atoms with E-state index in [1.165, 1.54) is 0 Å². The molecule has 0 spiro atoms. The van der Waals surface area contributed by atoms with Crippen LogP contribution in [0.15, 0.2) is 18.2 Å². The second-order valence-electron chi connectivity index (χ2n) is 3.57. The maximum atomic E-state index is 11.8. The molecule has 0 atom stereocenters. The molecule has 1 aromatic carbocycles. The average molecular weight is 279 g/mol. The van der Waals surface area contributed by atoms with Crippen LogP contribution in [0.5, 0.6) is 5.75 Å². The molecule has 0 unspecified atom stereocenters. The zero-order valence-corrected chi connectivity index (χ0v) is 10.4. The third kappa shape index (κ3) is 4.89. The highest BCUT2D eigenvalue weighted by Gasteiger charge is 2.27. The number of alkyl halides is 3. The van der Waals surface area contributed by atoms with Crippen LogP contribution in [0.1, 0.15) is 11.1 Å². The number of ether oxygens (including phenoxy) is 2. The number of benzene rings is 1. The van der Waals surface area contributed by atoms with Crippen LogP contribution in [-0.4, -0.2) is 24.6 Å². The van der Waals surface area contributed by atoms with E-state index in [1.807, 2.05) is 0 Å². The van der Waals surface area contributed by atoms with Crippen molar-refractivity contribution < 1.29 is 22.6 Å². The van der Waals surface area contributed by atoms with E-state index in [4.69, 9.17) is 22.7 Å². The van der Waals surface area contributed by atoms with E-state index in [0.29, 0.717) is 11.3 Å². The Morgan fingerprint density at radius 3 is 2.61 bits per heavy atom. The zero-order chi connectivity index (χ0) is 13.8. The molecule has 0 heterocycles. The standard InChI is InChI=1S/C11H12F3NO2S/c1-7-2-3-8(10(15)18)4-9(7)17-6-16-5-11(12,13)14/h2-4H,5-6H2,1H3,(H2,15,18). The van der Waals surface area contributed by atoms with Gasteiger partial charge in [0.05, 0.1) is 0 Å². The number of hydrogen-bond donors (Lipinski definition) is 1. The molecule has 0 aliphatic rings. The van der Waals surface area contributed by atoms with Gasteiger partial charge in [-0.2, -0.15) is 13.2 Å². The number of nitrogens with two attached hydrogens (primary N) is 1. The van der Waals surface area contributed by atoms with E-state index in [0.717, 1.165) is 5.56 Å². The molecule has 0 saturated carbocycles. The molecule has 7 heteroatoms. The molecule has 0 bridgehead atoms. The molecule has 18 heavy (non-hydrogen) atoms. The van der Waals surface area contributed by atoms with Gasteiger partial charge in [-0.25, -0.2) is 0 Å². The lowest BCUT2D eigenvalue weighted by Gasteiger charge is -2.12. The van der Waals surface area contributed by atoms with Crippen molar-refractivity contribution in [2.45, 2.75) is 13.1 Å². The number of halogens is 3. The minimum absolute atomic E-state index is 0.191. The van der Waals surface area contributed by atoms with Gasteiger partial charge in [0, 0.05) is 5.56 Å². The van der Waals surface area contributed by atoms with Crippen LogP contribution in [0.25, 0.3) is 0 Å². The van der Waals surface area contributed by atoms with Gasteiger partial charge in [-0.1, -0.05) is 24.4 Å². The van der Waals surface area contributed by atoms with Crippen molar-refractivity contribution in [3.8, 4) is 5.75 Å². The van der Waals surface area contributed by atoms with Crippen LogP contribution in [0.3, 0.4) is 0 Å². The molecule has 1 aromatic rings. The highest BCUT2D eigenvalue weighted by atomic mass is 32.1. The summed E-state index contributed by atoms with van der Waals surface area (Å²) in [5.74, 6) is 0.391. The summed E-state index contributed by atoms with van der Waals surface area (Å²) in [5, 5.41) is 0. The second-order valence-corrected chi connectivity index (χ2v) is 4.01. The highest BCUT2D eigenvalue weighted by Crippen LogP contribution is 2.20. The lowest BCUT2D eigenvalue weighted by atomic mass is 10.1. The first kappa shape index (κ1) is 14.7. The number of rotatable bonds is 5.